The monoisotopic (exact) mass is 815 g/mol. The average molecular weight is 816 g/mol. The van der Waals surface area contributed by atoms with E-state index in [0.29, 0.717) is 17.5 Å². The van der Waals surface area contributed by atoms with Gasteiger partial charge in [-0.2, -0.15) is 0 Å². The molecule has 0 bridgehead atoms. The van der Waals surface area contributed by atoms with Crippen LogP contribution < -0.4 is 5.19 Å². The second kappa shape index (κ2) is 16.5. The van der Waals surface area contributed by atoms with Gasteiger partial charge in [0.2, 0.25) is 0 Å². The van der Waals surface area contributed by atoms with Crippen molar-refractivity contribution in [2.45, 2.75) is 44.3 Å². The molecule has 300 valence electrons. The predicted molar refractivity (Wildman–Crippen MR) is 261 cm³/mol. The number of benzene rings is 8. The number of fused-ring (bicyclic) bond motifs is 3. The Balaban J connectivity index is 1.09. The van der Waals surface area contributed by atoms with Crippen molar-refractivity contribution in [1.82, 2.24) is 15.0 Å². The highest BCUT2D eigenvalue weighted by molar-refractivity contribution is 6.91. The Kier molecular flexibility index (Phi) is 10.4. The molecule has 0 saturated carbocycles. The van der Waals surface area contributed by atoms with E-state index in [4.69, 9.17) is 15.0 Å². The van der Waals surface area contributed by atoms with Gasteiger partial charge in [-0.15, -0.1) is 0 Å². The summed E-state index contributed by atoms with van der Waals surface area (Å²) >= 11 is 0. The van der Waals surface area contributed by atoms with Crippen LogP contribution in [0, 0.1) is 0 Å². The first-order chi connectivity index (χ1) is 30.5. The number of nitrogens with zero attached hydrogens (tertiary/aromatic N) is 3. The molecule has 10 rings (SSSR count). The van der Waals surface area contributed by atoms with E-state index < -0.39 is 13.5 Å². The fourth-order valence-corrected chi connectivity index (χ4v) is 13.6. The lowest BCUT2D eigenvalue weighted by Crippen LogP contribution is -2.45. The summed E-state index contributed by atoms with van der Waals surface area (Å²) in [6.45, 7) is 7.16. The van der Waals surface area contributed by atoms with Crippen molar-refractivity contribution in [3.63, 3.8) is 0 Å². The van der Waals surface area contributed by atoms with Gasteiger partial charge in [0.05, 0.1) is 13.5 Å². The van der Waals surface area contributed by atoms with Crippen LogP contribution in [0.5, 0.6) is 0 Å². The van der Waals surface area contributed by atoms with E-state index in [-0.39, 0.29) is 0 Å². The maximum absolute atomic E-state index is 4.99. The molecule has 0 N–H and O–H groups in total. The molecule has 3 nitrogen and oxygen atoms in total. The Hall–Kier alpha value is -7.01. The number of aromatic nitrogens is 3. The van der Waals surface area contributed by atoms with Gasteiger partial charge in [0.1, 0.15) is 0 Å². The lowest BCUT2D eigenvalue weighted by Gasteiger charge is -2.34. The topological polar surface area (TPSA) is 38.7 Å². The largest absolute Gasteiger partial charge is 0.208 e. The maximum atomic E-state index is 4.99. The van der Waals surface area contributed by atoms with Gasteiger partial charge >= 0.3 is 0 Å². The van der Waals surface area contributed by atoms with E-state index in [1.54, 1.807) is 5.19 Å². The van der Waals surface area contributed by atoms with Crippen LogP contribution in [0.25, 0.3) is 67.5 Å². The van der Waals surface area contributed by atoms with Gasteiger partial charge in [-0.05, 0) is 67.8 Å². The Morgan fingerprint density at radius 2 is 0.661 bits per heavy atom. The third-order valence-corrected chi connectivity index (χ3v) is 19.2. The zero-order chi connectivity index (χ0) is 42.1. The van der Waals surface area contributed by atoms with Crippen molar-refractivity contribution < 1.29 is 0 Å². The molecule has 1 aromatic heterocycles. The van der Waals surface area contributed by atoms with Crippen molar-refractivity contribution in [1.29, 1.82) is 0 Å². The van der Waals surface area contributed by atoms with Gasteiger partial charge in [0, 0.05) is 16.7 Å². The standard InChI is InChI=1S/C58H49N3Si/c1-4-62(5-2,6-3)50-35-31-42(32-36-50)47-34-38-52-51-37-33-46(39-53(51)58(54(52)40-47,48-23-15-9-16-24-48)49-25-17-10-18-26-49)41-27-29-45(30-28-41)57-60-55(43-19-11-7-12-20-43)59-56(61-57)44-21-13-8-14-22-44/h7-40H,4-6H2,1-3H3. The third kappa shape index (κ3) is 6.72. The lowest BCUT2D eigenvalue weighted by atomic mass is 9.67. The van der Waals surface area contributed by atoms with Crippen LogP contribution in [0.3, 0.4) is 0 Å². The summed E-state index contributed by atoms with van der Waals surface area (Å²) in [4.78, 5) is 14.9. The number of hydrogen-bond acceptors (Lipinski definition) is 3. The molecule has 1 heterocycles. The Labute approximate surface area is 366 Å². The molecule has 0 fully saturated rings. The van der Waals surface area contributed by atoms with Crippen LogP contribution in [0.15, 0.2) is 206 Å². The third-order valence-electron chi connectivity index (χ3n) is 13.6. The molecule has 1 aliphatic carbocycles. The van der Waals surface area contributed by atoms with Crippen LogP contribution in [-0.4, -0.2) is 23.0 Å². The first-order valence-electron chi connectivity index (χ1n) is 22.0. The Bertz CT molecular complexity index is 2880. The number of rotatable bonds is 11. The van der Waals surface area contributed by atoms with Gasteiger partial charge in [0.15, 0.2) is 17.5 Å². The second-order valence-electron chi connectivity index (χ2n) is 16.5. The first-order valence-corrected chi connectivity index (χ1v) is 24.7. The summed E-state index contributed by atoms with van der Waals surface area (Å²) in [6, 6.07) is 78.9. The van der Waals surface area contributed by atoms with Gasteiger partial charge in [-0.25, -0.2) is 15.0 Å². The second-order valence-corrected chi connectivity index (χ2v) is 21.8. The minimum absolute atomic E-state index is 0.527. The molecule has 0 atom stereocenters. The van der Waals surface area contributed by atoms with Crippen LogP contribution in [-0.2, 0) is 5.41 Å². The molecule has 0 unspecified atom stereocenters. The predicted octanol–water partition coefficient (Wildman–Crippen LogP) is 14.3. The van der Waals surface area contributed by atoms with E-state index in [0.717, 1.165) is 27.8 Å². The molecular formula is C58H49N3Si. The first kappa shape index (κ1) is 39.1. The molecule has 9 aromatic rings. The fraction of sp³-hybridized carbons (Fsp3) is 0.121. The van der Waals surface area contributed by atoms with Crippen molar-refractivity contribution in [3.8, 4) is 67.5 Å². The Morgan fingerprint density at radius 3 is 1.05 bits per heavy atom. The van der Waals surface area contributed by atoms with Crippen LogP contribution in [0.4, 0.5) is 0 Å². The number of hydrogen-bond donors (Lipinski definition) is 0. The average Bonchev–Trinajstić information content (AvgIpc) is 3.65. The lowest BCUT2D eigenvalue weighted by molar-refractivity contribution is 0.769. The highest BCUT2D eigenvalue weighted by Gasteiger charge is 2.46. The fourth-order valence-electron chi connectivity index (χ4n) is 9.98. The molecule has 62 heavy (non-hydrogen) atoms. The Morgan fingerprint density at radius 1 is 0.339 bits per heavy atom. The normalized spacial score (nSPS) is 12.8. The summed E-state index contributed by atoms with van der Waals surface area (Å²) < 4.78 is 0. The van der Waals surface area contributed by atoms with Crippen molar-refractivity contribution in [2.75, 3.05) is 0 Å². The molecule has 0 saturated heterocycles. The zero-order valence-corrected chi connectivity index (χ0v) is 36.6. The minimum atomic E-state index is -1.48. The van der Waals surface area contributed by atoms with Crippen LogP contribution >= 0.6 is 0 Å². The molecule has 0 radical (unpaired) electrons. The molecule has 0 spiro atoms. The van der Waals surface area contributed by atoms with Gasteiger partial charge < -0.3 is 0 Å². The summed E-state index contributed by atoms with van der Waals surface area (Å²) in [7, 11) is -1.48. The smallest absolute Gasteiger partial charge is 0.164 e. The van der Waals surface area contributed by atoms with E-state index >= 15 is 0 Å². The van der Waals surface area contributed by atoms with E-state index in [1.165, 1.54) is 62.6 Å². The molecule has 8 aromatic carbocycles. The van der Waals surface area contributed by atoms with E-state index in [2.05, 4.69) is 166 Å². The summed E-state index contributed by atoms with van der Waals surface area (Å²) in [5.74, 6) is 1.96. The summed E-state index contributed by atoms with van der Waals surface area (Å²) in [6.07, 6.45) is 0. The SMILES string of the molecule is CC[Si](CC)(CC)c1ccc(-c2ccc3c(c2)C(c2ccccc2)(c2ccccc2)c2cc(-c4ccc(-c5nc(-c6ccccc6)nc(-c6ccccc6)n5)cc4)ccc2-3)cc1. The van der Waals surface area contributed by atoms with Crippen molar-refractivity contribution in [3.05, 3.63) is 229 Å². The van der Waals surface area contributed by atoms with Crippen molar-refractivity contribution in [2.24, 2.45) is 0 Å². The van der Waals surface area contributed by atoms with E-state index in [9.17, 15) is 0 Å². The molecule has 0 amide bonds. The van der Waals surface area contributed by atoms with Crippen molar-refractivity contribution >= 4 is 13.3 Å². The molecule has 1 aliphatic rings. The molecular weight excluding hydrogens is 767 g/mol. The maximum Gasteiger partial charge on any atom is 0.164 e. The summed E-state index contributed by atoms with van der Waals surface area (Å²) in [5, 5.41) is 1.58. The minimum Gasteiger partial charge on any atom is -0.208 e. The summed E-state index contributed by atoms with van der Waals surface area (Å²) in [5.41, 5.74) is 14.8. The van der Waals surface area contributed by atoms with Gasteiger partial charge in [-0.3, -0.25) is 0 Å². The van der Waals surface area contributed by atoms with Gasteiger partial charge in [-0.1, -0.05) is 238 Å². The quantitative estimate of drug-likeness (QED) is 0.122. The van der Waals surface area contributed by atoms with E-state index in [1.807, 2.05) is 60.7 Å². The highest BCUT2D eigenvalue weighted by Crippen LogP contribution is 2.57. The van der Waals surface area contributed by atoms with Gasteiger partial charge in [0.25, 0.3) is 0 Å². The molecule has 0 aliphatic heterocycles. The molecule has 4 heteroatoms. The van der Waals surface area contributed by atoms with Crippen LogP contribution in [0.1, 0.15) is 43.0 Å². The van der Waals surface area contributed by atoms with Crippen LogP contribution in [0.2, 0.25) is 18.1 Å². The zero-order valence-electron chi connectivity index (χ0n) is 35.6. The highest BCUT2D eigenvalue weighted by atomic mass is 28.3.